The maximum Gasteiger partial charge on any atom is 0.264 e. The average Bonchev–Trinajstić information content (AvgIpc) is 2.78. The fourth-order valence-electron chi connectivity index (χ4n) is 3.10. The minimum Gasteiger partial charge on any atom is -0.497 e. The van der Waals surface area contributed by atoms with Crippen LogP contribution in [0.3, 0.4) is 0 Å². The lowest BCUT2D eigenvalue weighted by Crippen LogP contribution is -2.41. The number of methoxy groups -OCH3 is 1. The molecule has 0 saturated heterocycles. The Kier molecular flexibility index (Phi) is 7.66. The first-order chi connectivity index (χ1) is 15.2. The first kappa shape index (κ1) is 23.9. The molecule has 168 valence electrons. The number of benzene rings is 3. The standard InChI is InChI=1S/C23H22Cl2N2O4S/c1-16(17-8-11-19(31-2)12-9-17)26-23(28)15-27(22-13-10-18(24)14-21(22)25)32(29,30)20-6-4-3-5-7-20/h3-14,16H,15H2,1-2H3,(H,26,28)/t16-/m0/s1. The zero-order valence-corrected chi connectivity index (χ0v) is 19.8. The summed E-state index contributed by atoms with van der Waals surface area (Å²) in [5.41, 5.74) is 1.01. The molecule has 1 N–H and O–H groups in total. The summed E-state index contributed by atoms with van der Waals surface area (Å²) in [7, 11) is -2.49. The van der Waals surface area contributed by atoms with E-state index in [2.05, 4.69) is 5.32 Å². The molecule has 0 saturated carbocycles. The number of carbonyl (C=O) groups is 1. The molecule has 0 spiro atoms. The maximum absolute atomic E-state index is 13.4. The number of rotatable bonds is 8. The molecular weight excluding hydrogens is 471 g/mol. The van der Waals surface area contributed by atoms with E-state index in [-0.39, 0.29) is 21.6 Å². The van der Waals surface area contributed by atoms with Crippen molar-refractivity contribution in [3.8, 4) is 5.75 Å². The van der Waals surface area contributed by atoms with Gasteiger partial charge in [-0.3, -0.25) is 9.10 Å². The van der Waals surface area contributed by atoms with Gasteiger partial charge in [-0.1, -0.05) is 53.5 Å². The van der Waals surface area contributed by atoms with Crippen LogP contribution in [0.15, 0.2) is 77.7 Å². The van der Waals surface area contributed by atoms with Crippen LogP contribution in [0, 0.1) is 0 Å². The highest BCUT2D eigenvalue weighted by molar-refractivity contribution is 7.92. The number of nitrogens with zero attached hydrogens (tertiary/aromatic N) is 1. The predicted octanol–water partition coefficient (Wildman–Crippen LogP) is 5.07. The number of sulfonamides is 1. The van der Waals surface area contributed by atoms with E-state index in [9.17, 15) is 13.2 Å². The summed E-state index contributed by atoms with van der Waals surface area (Å²) in [6.45, 7) is 1.35. The highest BCUT2D eigenvalue weighted by Crippen LogP contribution is 2.32. The number of amides is 1. The highest BCUT2D eigenvalue weighted by Gasteiger charge is 2.29. The molecule has 9 heteroatoms. The van der Waals surface area contributed by atoms with Crippen LogP contribution < -0.4 is 14.4 Å². The lowest BCUT2D eigenvalue weighted by Gasteiger charge is -2.26. The van der Waals surface area contributed by atoms with Gasteiger partial charge in [-0.25, -0.2) is 8.42 Å². The molecule has 3 aromatic rings. The summed E-state index contributed by atoms with van der Waals surface area (Å²) in [6.07, 6.45) is 0. The third-order valence-corrected chi connectivity index (χ3v) is 7.10. The van der Waals surface area contributed by atoms with Crippen molar-refractivity contribution in [1.29, 1.82) is 0 Å². The van der Waals surface area contributed by atoms with Gasteiger partial charge in [0.2, 0.25) is 5.91 Å². The van der Waals surface area contributed by atoms with Crippen LogP contribution in [0.1, 0.15) is 18.5 Å². The molecule has 0 aliphatic rings. The van der Waals surface area contributed by atoms with E-state index in [4.69, 9.17) is 27.9 Å². The number of hydrogen-bond donors (Lipinski definition) is 1. The Labute approximate surface area is 197 Å². The van der Waals surface area contributed by atoms with Crippen LogP contribution in [-0.4, -0.2) is 28.0 Å². The Bertz CT molecular complexity index is 1190. The van der Waals surface area contributed by atoms with Gasteiger partial charge in [-0.2, -0.15) is 0 Å². The largest absolute Gasteiger partial charge is 0.497 e. The SMILES string of the molecule is COc1ccc([C@H](C)NC(=O)CN(c2ccc(Cl)cc2Cl)S(=O)(=O)c2ccccc2)cc1. The van der Waals surface area contributed by atoms with E-state index in [1.165, 1.54) is 30.3 Å². The van der Waals surface area contributed by atoms with Crippen LogP contribution in [-0.2, 0) is 14.8 Å². The number of nitrogens with one attached hydrogen (secondary N) is 1. The van der Waals surface area contributed by atoms with Gasteiger partial charge >= 0.3 is 0 Å². The zero-order chi connectivity index (χ0) is 23.3. The third kappa shape index (κ3) is 5.54. The summed E-state index contributed by atoms with van der Waals surface area (Å²) in [5.74, 6) is 0.212. The Hall–Kier alpha value is -2.74. The van der Waals surface area contributed by atoms with Crippen LogP contribution in [0.2, 0.25) is 10.0 Å². The van der Waals surface area contributed by atoms with E-state index in [0.29, 0.717) is 10.8 Å². The van der Waals surface area contributed by atoms with Crippen LogP contribution in [0.5, 0.6) is 5.75 Å². The molecule has 3 rings (SSSR count). The molecule has 0 bridgehead atoms. The molecule has 0 aliphatic heterocycles. The van der Waals surface area contributed by atoms with Crippen LogP contribution in [0.25, 0.3) is 0 Å². The van der Waals surface area contributed by atoms with Gasteiger partial charge in [0.1, 0.15) is 12.3 Å². The molecule has 0 fully saturated rings. The molecule has 0 unspecified atom stereocenters. The quantitative estimate of drug-likeness (QED) is 0.475. The summed E-state index contributed by atoms with van der Waals surface area (Å²) in [5, 5.41) is 3.31. The van der Waals surface area contributed by atoms with Crippen molar-refractivity contribution in [2.45, 2.75) is 17.9 Å². The molecule has 6 nitrogen and oxygen atoms in total. The molecule has 3 aromatic carbocycles. The van der Waals surface area contributed by atoms with Gasteiger partial charge in [0.05, 0.1) is 28.8 Å². The van der Waals surface area contributed by atoms with Crippen molar-refractivity contribution in [3.63, 3.8) is 0 Å². The second-order valence-corrected chi connectivity index (χ2v) is 9.69. The monoisotopic (exact) mass is 492 g/mol. The van der Waals surface area contributed by atoms with E-state index in [0.717, 1.165) is 9.87 Å². The van der Waals surface area contributed by atoms with Crippen molar-refractivity contribution in [3.05, 3.63) is 88.4 Å². The van der Waals surface area contributed by atoms with Crippen molar-refractivity contribution in [2.24, 2.45) is 0 Å². The number of carbonyl (C=O) groups excluding carboxylic acids is 1. The lowest BCUT2D eigenvalue weighted by atomic mass is 10.1. The number of anilines is 1. The maximum atomic E-state index is 13.4. The molecule has 0 radical (unpaired) electrons. The minimum atomic E-state index is -4.07. The normalized spacial score (nSPS) is 12.1. The molecule has 1 atom stereocenters. The first-order valence-electron chi connectivity index (χ1n) is 9.68. The summed E-state index contributed by atoms with van der Waals surface area (Å²) < 4.78 is 32.9. The van der Waals surface area contributed by atoms with Crippen molar-refractivity contribution < 1.29 is 17.9 Å². The van der Waals surface area contributed by atoms with Gasteiger partial charge in [0.25, 0.3) is 10.0 Å². The highest BCUT2D eigenvalue weighted by atomic mass is 35.5. The van der Waals surface area contributed by atoms with Crippen molar-refractivity contribution in [1.82, 2.24) is 5.32 Å². The average molecular weight is 493 g/mol. The molecule has 32 heavy (non-hydrogen) atoms. The minimum absolute atomic E-state index is 0.0435. The Balaban J connectivity index is 1.89. The van der Waals surface area contributed by atoms with E-state index < -0.39 is 22.5 Å². The summed E-state index contributed by atoms with van der Waals surface area (Å²) in [4.78, 5) is 12.9. The Morgan fingerprint density at radius 3 is 2.28 bits per heavy atom. The van der Waals surface area contributed by atoms with E-state index >= 15 is 0 Å². The fourth-order valence-corrected chi connectivity index (χ4v) is 5.12. The predicted molar refractivity (Wildman–Crippen MR) is 127 cm³/mol. The molecule has 0 heterocycles. The zero-order valence-electron chi connectivity index (χ0n) is 17.5. The van der Waals surface area contributed by atoms with Crippen molar-refractivity contribution in [2.75, 3.05) is 18.0 Å². The number of ether oxygens (including phenoxy) is 1. The second kappa shape index (κ2) is 10.3. The third-order valence-electron chi connectivity index (χ3n) is 4.79. The Morgan fingerprint density at radius 2 is 1.69 bits per heavy atom. The molecular formula is C23H22Cl2N2O4S. The number of hydrogen-bond acceptors (Lipinski definition) is 4. The molecule has 1 amide bonds. The molecule has 0 aliphatic carbocycles. The Morgan fingerprint density at radius 1 is 1.03 bits per heavy atom. The van der Waals surface area contributed by atoms with Crippen LogP contribution >= 0.6 is 23.2 Å². The number of halogens is 2. The lowest BCUT2D eigenvalue weighted by molar-refractivity contribution is -0.120. The van der Waals surface area contributed by atoms with Gasteiger partial charge in [0.15, 0.2) is 0 Å². The first-order valence-corrected chi connectivity index (χ1v) is 11.9. The molecule has 0 aromatic heterocycles. The van der Waals surface area contributed by atoms with Crippen molar-refractivity contribution >= 4 is 44.8 Å². The van der Waals surface area contributed by atoms with Gasteiger partial charge in [-0.05, 0) is 55.0 Å². The summed E-state index contributed by atoms with van der Waals surface area (Å²) in [6, 6.07) is 19.2. The fraction of sp³-hybridized carbons (Fsp3) is 0.174. The van der Waals surface area contributed by atoms with Gasteiger partial charge in [-0.15, -0.1) is 0 Å². The summed E-state index contributed by atoms with van der Waals surface area (Å²) >= 11 is 12.3. The smallest absolute Gasteiger partial charge is 0.264 e. The second-order valence-electron chi connectivity index (χ2n) is 6.98. The van der Waals surface area contributed by atoms with Crippen LogP contribution in [0.4, 0.5) is 5.69 Å². The topological polar surface area (TPSA) is 75.7 Å². The van der Waals surface area contributed by atoms with Gasteiger partial charge < -0.3 is 10.1 Å². The van der Waals surface area contributed by atoms with E-state index in [1.54, 1.807) is 37.4 Å². The van der Waals surface area contributed by atoms with E-state index in [1.807, 2.05) is 19.1 Å². The van der Waals surface area contributed by atoms with Gasteiger partial charge in [0, 0.05) is 5.02 Å².